The number of rotatable bonds is 15. The Morgan fingerprint density at radius 1 is 0.893 bits per heavy atom. The van der Waals surface area contributed by atoms with Crippen molar-refractivity contribution < 1.29 is 34.8 Å². The van der Waals surface area contributed by atoms with Gasteiger partial charge in [-0.1, -0.05) is 43.2 Å². The molecule has 0 aromatic heterocycles. The molecule has 28 heavy (non-hydrogen) atoms. The summed E-state index contributed by atoms with van der Waals surface area (Å²) in [4.78, 5) is 19.8. The zero-order valence-electron chi connectivity index (χ0n) is 16.5. The topological polar surface area (TPSA) is 124 Å². The Balaban J connectivity index is 0.000000621. The SMILES string of the molecule is O=C(O)CCCCC(=O)O.OCCOCC(O)CCCCCc1ccccc1. The summed E-state index contributed by atoms with van der Waals surface area (Å²) in [6.07, 6.45) is 5.83. The molecule has 7 heteroatoms. The third-order valence-electron chi connectivity index (χ3n) is 3.92. The first kappa shape index (κ1) is 26.0. The first-order valence-corrected chi connectivity index (χ1v) is 9.80. The fourth-order valence-corrected chi connectivity index (χ4v) is 2.45. The Morgan fingerprint density at radius 2 is 1.50 bits per heavy atom. The lowest BCUT2D eigenvalue weighted by molar-refractivity contribution is -0.139. The molecule has 0 radical (unpaired) electrons. The zero-order chi connectivity index (χ0) is 21.0. The molecule has 0 fully saturated rings. The van der Waals surface area contributed by atoms with Crippen LogP contribution < -0.4 is 0 Å². The average molecular weight is 398 g/mol. The minimum atomic E-state index is -0.870. The Labute approximate surface area is 167 Å². The summed E-state index contributed by atoms with van der Waals surface area (Å²) < 4.78 is 5.07. The van der Waals surface area contributed by atoms with Crippen LogP contribution in [0.4, 0.5) is 0 Å². The normalized spacial score (nSPS) is 11.4. The van der Waals surface area contributed by atoms with E-state index in [1.165, 1.54) is 5.56 Å². The van der Waals surface area contributed by atoms with Crippen molar-refractivity contribution in [2.75, 3.05) is 19.8 Å². The molecule has 0 aliphatic rings. The van der Waals surface area contributed by atoms with Crippen molar-refractivity contribution in [1.82, 2.24) is 0 Å². The summed E-state index contributed by atoms with van der Waals surface area (Å²) in [5.41, 5.74) is 1.38. The largest absolute Gasteiger partial charge is 0.481 e. The highest BCUT2D eigenvalue weighted by atomic mass is 16.5. The number of hydrogen-bond donors (Lipinski definition) is 4. The number of aliphatic hydroxyl groups is 2. The van der Waals surface area contributed by atoms with Crippen LogP contribution >= 0.6 is 0 Å². The van der Waals surface area contributed by atoms with Crippen molar-refractivity contribution >= 4 is 11.9 Å². The van der Waals surface area contributed by atoms with Gasteiger partial charge in [-0.05, 0) is 37.7 Å². The Hall–Kier alpha value is -1.96. The number of hydrogen-bond acceptors (Lipinski definition) is 5. The van der Waals surface area contributed by atoms with Crippen LogP contribution in [0.15, 0.2) is 30.3 Å². The fraction of sp³-hybridized carbons (Fsp3) is 0.619. The summed E-state index contributed by atoms with van der Waals surface area (Å²) in [6.45, 7) is 0.661. The number of carbonyl (C=O) groups is 2. The second-order valence-electron chi connectivity index (χ2n) is 6.53. The van der Waals surface area contributed by atoms with Crippen molar-refractivity contribution in [3.05, 3.63) is 35.9 Å². The Bertz CT molecular complexity index is 489. The highest BCUT2D eigenvalue weighted by Gasteiger charge is 2.03. The van der Waals surface area contributed by atoms with E-state index >= 15 is 0 Å². The zero-order valence-corrected chi connectivity index (χ0v) is 16.5. The van der Waals surface area contributed by atoms with Crippen molar-refractivity contribution in [2.24, 2.45) is 0 Å². The summed E-state index contributed by atoms with van der Waals surface area (Å²) in [6, 6.07) is 10.5. The number of ether oxygens (including phenoxy) is 1. The number of aliphatic carboxylic acids is 2. The average Bonchev–Trinajstić information content (AvgIpc) is 2.66. The van der Waals surface area contributed by atoms with Crippen molar-refractivity contribution in [2.45, 2.75) is 63.9 Å². The molecule has 1 aromatic carbocycles. The van der Waals surface area contributed by atoms with E-state index in [1.54, 1.807) is 0 Å². The second-order valence-corrected chi connectivity index (χ2v) is 6.53. The van der Waals surface area contributed by atoms with Crippen LogP contribution in [0, 0.1) is 0 Å². The van der Waals surface area contributed by atoms with Crippen LogP contribution in [0.3, 0.4) is 0 Å². The van der Waals surface area contributed by atoms with Crippen LogP contribution in [-0.4, -0.2) is 58.3 Å². The molecule has 4 N–H and O–H groups in total. The third kappa shape index (κ3) is 18.8. The lowest BCUT2D eigenvalue weighted by atomic mass is 10.1. The Kier molecular flexibility index (Phi) is 17.1. The minimum absolute atomic E-state index is 0.0177. The number of carboxylic acid groups (broad SMARTS) is 2. The molecule has 0 saturated heterocycles. The second kappa shape index (κ2) is 18.4. The molecule has 0 saturated carbocycles. The van der Waals surface area contributed by atoms with E-state index < -0.39 is 18.0 Å². The van der Waals surface area contributed by atoms with Gasteiger partial charge in [0.1, 0.15) is 0 Å². The summed E-state index contributed by atoms with van der Waals surface area (Å²) in [7, 11) is 0. The van der Waals surface area contributed by atoms with Gasteiger partial charge in [0, 0.05) is 12.8 Å². The fourth-order valence-electron chi connectivity index (χ4n) is 2.45. The van der Waals surface area contributed by atoms with Crippen molar-refractivity contribution in [1.29, 1.82) is 0 Å². The quantitative estimate of drug-likeness (QED) is 0.335. The lowest BCUT2D eigenvalue weighted by Crippen LogP contribution is -2.16. The first-order valence-electron chi connectivity index (χ1n) is 9.80. The molecule has 0 spiro atoms. The summed E-state index contributed by atoms with van der Waals surface area (Å²) >= 11 is 0. The number of aliphatic hydroxyl groups excluding tert-OH is 2. The third-order valence-corrected chi connectivity index (χ3v) is 3.92. The molecule has 7 nitrogen and oxygen atoms in total. The molecule has 1 unspecified atom stereocenters. The van der Waals surface area contributed by atoms with Gasteiger partial charge in [-0.25, -0.2) is 0 Å². The molecule has 1 atom stereocenters. The number of aryl methyl sites for hydroxylation is 1. The van der Waals surface area contributed by atoms with Crippen molar-refractivity contribution in [3.8, 4) is 0 Å². The van der Waals surface area contributed by atoms with E-state index in [2.05, 4.69) is 24.3 Å². The van der Waals surface area contributed by atoms with Gasteiger partial charge in [0.2, 0.25) is 0 Å². The summed E-state index contributed by atoms with van der Waals surface area (Å²) in [5.74, 6) is -1.74. The van der Waals surface area contributed by atoms with Crippen LogP contribution in [-0.2, 0) is 20.7 Å². The molecule has 0 amide bonds. The highest BCUT2D eigenvalue weighted by molar-refractivity contribution is 5.67. The molecular weight excluding hydrogens is 364 g/mol. The van der Waals surface area contributed by atoms with Gasteiger partial charge in [0.15, 0.2) is 0 Å². The van der Waals surface area contributed by atoms with Gasteiger partial charge in [-0.2, -0.15) is 0 Å². The summed E-state index contributed by atoms with van der Waals surface area (Å²) in [5, 5.41) is 34.4. The van der Waals surface area contributed by atoms with E-state index in [0.717, 1.165) is 32.1 Å². The minimum Gasteiger partial charge on any atom is -0.481 e. The molecule has 0 aliphatic heterocycles. The maximum atomic E-state index is 9.90. The number of carboxylic acids is 2. The van der Waals surface area contributed by atoms with E-state index in [4.69, 9.17) is 20.1 Å². The lowest BCUT2D eigenvalue weighted by Gasteiger charge is -2.10. The molecule has 1 aromatic rings. The van der Waals surface area contributed by atoms with Gasteiger partial charge in [-0.15, -0.1) is 0 Å². The maximum Gasteiger partial charge on any atom is 0.303 e. The van der Waals surface area contributed by atoms with Crippen LogP contribution in [0.25, 0.3) is 0 Å². The van der Waals surface area contributed by atoms with E-state index in [1.807, 2.05) is 6.07 Å². The highest BCUT2D eigenvalue weighted by Crippen LogP contribution is 2.09. The molecule has 1 rings (SSSR count). The van der Waals surface area contributed by atoms with Gasteiger partial charge < -0.3 is 25.2 Å². The van der Waals surface area contributed by atoms with Crippen LogP contribution in [0.5, 0.6) is 0 Å². The molecule has 0 heterocycles. The van der Waals surface area contributed by atoms with Gasteiger partial charge >= 0.3 is 11.9 Å². The van der Waals surface area contributed by atoms with E-state index in [-0.39, 0.29) is 19.4 Å². The van der Waals surface area contributed by atoms with Gasteiger partial charge in [0.25, 0.3) is 0 Å². The van der Waals surface area contributed by atoms with E-state index in [9.17, 15) is 14.7 Å². The van der Waals surface area contributed by atoms with Gasteiger partial charge in [-0.3, -0.25) is 9.59 Å². The standard InChI is InChI=1S/C15H24O3.C6H10O4/c16-11-12-18-13-15(17)10-6-2-5-9-14-7-3-1-4-8-14;7-5(8)3-1-2-4-6(9)10/h1,3-4,7-8,15-17H,2,5-6,9-13H2;1-4H2,(H,7,8)(H,9,10). The van der Waals surface area contributed by atoms with Crippen molar-refractivity contribution in [3.63, 3.8) is 0 Å². The first-order chi connectivity index (χ1) is 13.5. The van der Waals surface area contributed by atoms with E-state index in [0.29, 0.717) is 26.1 Å². The smallest absolute Gasteiger partial charge is 0.303 e. The molecule has 160 valence electrons. The molecule has 0 aliphatic carbocycles. The maximum absolute atomic E-state index is 9.90. The van der Waals surface area contributed by atoms with Crippen LogP contribution in [0.2, 0.25) is 0 Å². The van der Waals surface area contributed by atoms with Crippen LogP contribution in [0.1, 0.15) is 56.9 Å². The number of benzene rings is 1. The molecule has 0 bridgehead atoms. The van der Waals surface area contributed by atoms with Gasteiger partial charge in [0.05, 0.1) is 25.9 Å². The Morgan fingerprint density at radius 3 is 2.04 bits per heavy atom. The monoisotopic (exact) mass is 398 g/mol. The predicted octanol–water partition coefficient (Wildman–Crippen LogP) is 2.88. The predicted molar refractivity (Wildman–Crippen MR) is 106 cm³/mol. The molecular formula is C21H34O7. The number of unbranched alkanes of at least 4 members (excludes halogenated alkanes) is 3.